The van der Waals surface area contributed by atoms with Crippen molar-refractivity contribution in [2.24, 2.45) is 0 Å². The highest BCUT2D eigenvalue weighted by Crippen LogP contribution is 2.28. The molecule has 0 spiro atoms. The number of anilines is 1. The number of aryl methyl sites for hydroxylation is 2. The molecule has 0 aliphatic heterocycles. The Labute approximate surface area is 147 Å². The fraction of sp³-hybridized carbons (Fsp3) is 0.136. The van der Waals surface area contributed by atoms with E-state index < -0.39 is 0 Å². The van der Waals surface area contributed by atoms with Gasteiger partial charge in [-0.25, -0.2) is 4.98 Å². The van der Waals surface area contributed by atoms with E-state index in [4.69, 9.17) is 4.98 Å². The van der Waals surface area contributed by atoms with Gasteiger partial charge in [-0.15, -0.1) is 0 Å². The van der Waals surface area contributed by atoms with Gasteiger partial charge < -0.3 is 10.3 Å². The maximum absolute atomic E-state index is 4.81. The number of fused-ring (bicyclic) bond motifs is 1. The number of nitrogens with zero attached hydrogens (tertiary/aromatic N) is 1. The highest BCUT2D eigenvalue weighted by atomic mass is 14.9. The first-order chi connectivity index (χ1) is 12.2. The second kappa shape index (κ2) is 6.44. The van der Waals surface area contributed by atoms with Crippen LogP contribution in [-0.4, -0.2) is 9.97 Å². The minimum atomic E-state index is 0.788. The van der Waals surface area contributed by atoms with Crippen molar-refractivity contribution in [2.75, 3.05) is 5.32 Å². The van der Waals surface area contributed by atoms with E-state index in [1.807, 2.05) is 18.2 Å². The zero-order chi connectivity index (χ0) is 17.2. The van der Waals surface area contributed by atoms with Gasteiger partial charge in [0.05, 0.1) is 11.0 Å². The molecule has 3 nitrogen and oxygen atoms in total. The van der Waals surface area contributed by atoms with Crippen LogP contribution in [0.4, 0.5) is 5.69 Å². The Hall–Kier alpha value is -3.07. The number of para-hydroxylation sites is 1. The Morgan fingerprint density at radius 1 is 0.880 bits per heavy atom. The fourth-order valence-electron chi connectivity index (χ4n) is 3.03. The summed E-state index contributed by atoms with van der Waals surface area (Å²) in [4.78, 5) is 8.27. The van der Waals surface area contributed by atoms with Crippen LogP contribution >= 0.6 is 0 Å². The molecule has 0 aliphatic rings. The Kier molecular flexibility index (Phi) is 3.98. The van der Waals surface area contributed by atoms with Gasteiger partial charge in [0, 0.05) is 17.8 Å². The van der Waals surface area contributed by atoms with Crippen LogP contribution in [0.15, 0.2) is 66.7 Å². The summed E-state index contributed by atoms with van der Waals surface area (Å²) in [7, 11) is 0. The van der Waals surface area contributed by atoms with Gasteiger partial charge in [0.2, 0.25) is 0 Å². The van der Waals surface area contributed by atoms with Crippen molar-refractivity contribution in [3.63, 3.8) is 0 Å². The maximum Gasteiger partial charge on any atom is 0.140 e. The molecule has 2 N–H and O–H groups in total. The Balaban J connectivity index is 1.68. The van der Waals surface area contributed by atoms with Crippen LogP contribution in [0.3, 0.4) is 0 Å². The molecule has 25 heavy (non-hydrogen) atoms. The van der Waals surface area contributed by atoms with E-state index in [0.717, 1.165) is 34.7 Å². The van der Waals surface area contributed by atoms with E-state index in [0.29, 0.717) is 0 Å². The van der Waals surface area contributed by atoms with Crippen LogP contribution < -0.4 is 5.32 Å². The monoisotopic (exact) mass is 327 g/mol. The Morgan fingerprint density at radius 3 is 2.44 bits per heavy atom. The highest BCUT2D eigenvalue weighted by molar-refractivity contribution is 5.84. The molecule has 0 unspecified atom stereocenters. The number of hydrogen-bond donors (Lipinski definition) is 2. The summed E-state index contributed by atoms with van der Waals surface area (Å²) in [5.41, 5.74) is 8.06. The fourth-order valence-corrected chi connectivity index (χ4v) is 3.03. The third kappa shape index (κ3) is 3.13. The number of H-pyrrole nitrogens is 1. The number of hydrogen-bond acceptors (Lipinski definition) is 2. The van der Waals surface area contributed by atoms with E-state index in [1.165, 1.54) is 16.7 Å². The number of benzene rings is 3. The maximum atomic E-state index is 4.81. The zero-order valence-corrected chi connectivity index (χ0v) is 14.5. The lowest BCUT2D eigenvalue weighted by atomic mass is 10.1. The van der Waals surface area contributed by atoms with Gasteiger partial charge in [0.15, 0.2) is 0 Å². The number of rotatable bonds is 4. The van der Waals surface area contributed by atoms with Gasteiger partial charge in [0.1, 0.15) is 5.82 Å². The molecule has 0 saturated heterocycles. The summed E-state index contributed by atoms with van der Waals surface area (Å²) >= 11 is 0. The molecule has 0 saturated carbocycles. The van der Waals surface area contributed by atoms with Crippen LogP contribution in [-0.2, 0) is 6.54 Å². The standard InChI is InChI=1S/C22H21N3/c1-15-12-20-21(13-16(15)2)25-22(24-20)18-10-6-7-11-19(18)23-14-17-8-4-3-5-9-17/h3-13,23H,14H2,1-2H3,(H,24,25). The topological polar surface area (TPSA) is 40.7 Å². The summed E-state index contributed by atoms with van der Waals surface area (Å²) in [5, 5.41) is 3.54. The first kappa shape index (κ1) is 15.5. The Morgan fingerprint density at radius 2 is 1.60 bits per heavy atom. The molecule has 124 valence electrons. The van der Waals surface area contributed by atoms with E-state index in [-0.39, 0.29) is 0 Å². The van der Waals surface area contributed by atoms with Gasteiger partial charge in [-0.05, 0) is 54.8 Å². The normalized spacial score (nSPS) is 11.0. The molecule has 0 radical (unpaired) electrons. The van der Waals surface area contributed by atoms with Gasteiger partial charge >= 0.3 is 0 Å². The summed E-state index contributed by atoms with van der Waals surface area (Å²) in [6, 6.07) is 23.0. The summed E-state index contributed by atoms with van der Waals surface area (Å²) in [6.45, 7) is 5.04. The summed E-state index contributed by atoms with van der Waals surface area (Å²) in [6.07, 6.45) is 0. The van der Waals surface area contributed by atoms with Gasteiger partial charge in [0.25, 0.3) is 0 Å². The molecule has 0 aliphatic carbocycles. The van der Waals surface area contributed by atoms with Gasteiger partial charge in [-0.1, -0.05) is 42.5 Å². The van der Waals surface area contributed by atoms with Gasteiger partial charge in [-0.3, -0.25) is 0 Å². The van der Waals surface area contributed by atoms with Crippen LogP contribution in [0, 0.1) is 13.8 Å². The average Bonchev–Trinajstić information content (AvgIpc) is 3.04. The minimum Gasteiger partial charge on any atom is -0.380 e. The molecular weight excluding hydrogens is 306 g/mol. The first-order valence-electron chi connectivity index (χ1n) is 8.55. The van der Waals surface area contributed by atoms with Crippen molar-refractivity contribution in [1.82, 2.24) is 9.97 Å². The molecule has 4 aromatic rings. The van der Waals surface area contributed by atoms with Crippen LogP contribution in [0.2, 0.25) is 0 Å². The third-order valence-corrected chi connectivity index (χ3v) is 4.61. The molecule has 4 rings (SSSR count). The zero-order valence-electron chi connectivity index (χ0n) is 14.5. The van der Waals surface area contributed by atoms with E-state index in [1.54, 1.807) is 0 Å². The number of aromatic amines is 1. The Bertz CT molecular complexity index is 977. The molecule has 3 aromatic carbocycles. The van der Waals surface area contributed by atoms with Crippen molar-refractivity contribution in [2.45, 2.75) is 20.4 Å². The SMILES string of the molecule is Cc1cc2nc(-c3ccccc3NCc3ccccc3)[nH]c2cc1C. The lowest BCUT2D eigenvalue weighted by Gasteiger charge is -2.10. The lowest BCUT2D eigenvalue weighted by molar-refractivity contribution is 1.15. The van der Waals surface area contributed by atoms with E-state index in [9.17, 15) is 0 Å². The lowest BCUT2D eigenvalue weighted by Crippen LogP contribution is -2.01. The highest BCUT2D eigenvalue weighted by Gasteiger charge is 2.10. The van der Waals surface area contributed by atoms with Crippen LogP contribution in [0.1, 0.15) is 16.7 Å². The van der Waals surface area contributed by atoms with Crippen molar-refractivity contribution in [3.05, 3.63) is 83.4 Å². The van der Waals surface area contributed by atoms with Crippen molar-refractivity contribution < 1.29 is 0 Å². The largest absolute Gasteiger partial charge is 0.380 e. The summed E-state index contributed by atoms with van der Waals surface area (Å²) < 4.78 is 0. The average molecular weight is 327 g/mol. The first-order valence-corrected chi connectivity index (χ1v) is 8.55. The predicted molar refractivity (Wildman–Crippen MR) is 105 cm³/mol. The number of aromatic nitrogens is 2. The van der Waals surface area contributed by atoms with E-state index >= 15 is 0 Å². The summed E-state index contributed by atoms with van der Waals surface area (Å²) in [5.74, 6) is 0.899. The molecule has 1 heterocycles. The van der Waals surface area contributed by atoms with Gasteiger partial charge in [-0.2, -0.15) is 0 Å². The number of imidazole rings is 1. The molecule has 3 heteroatoms. The number of nitrogens with one attached hydrogen (secondary N) is 2. The predicted octanol–water partition coefficient (Wildman–Crippen LogP) is 5.46. The van der Waals surface area contributed by atoms with Crippen molar-refractivity contribution in [1.29, 1.82) is 0 Å². The smallest absolute Gasteiger partial charge is 0.140 e. The quantitative estimate of drug-likeness (QED) is 0.522. The van der Waals surface area contributed by atoms with Crippen molar-refractivity contribution >= 4 is 16.7 Å². The molecule has 0 bridgehead atoms. The molecule has 0 atom stereocenters. The van der Waals surface area contributed by atoms with Crippen molar-refractivity contribution in [3.8, 4) is 11.4 Å². The third-order valence-electron chi connectivity index (χ3n) is 4.61. The second-order valence-corrected chi connectivity index (χ2v) is 6.42. The molecular formula is C22H21N3. The second-order valence-electron chi connectivity index (χ2n) is 6.42. The molecule has 0 fully saturated rings. The van der Waals surface area contributed by atoms with Crippen LogP contribution in [0.25, 0.3) is 22.4 Å². The molecule has 0 amide bonds. The van der Waals surface area contributed by atoms with Crippen LogP contribution in [0.5, 0.6) is 0 Å². The minimum absolute atomic E-state index is 0.788. The van der Waals surface area contributed by atoms with E-state index in [2.05, 4.69) is 72.7 Å². The molecule has 1 aromatic heterocycles.